The molecular weight excluding hydrogens is 236 g/mol. The summed E-state index contributed by atoms with van der Waals surface area (Å²) in [7, 11) is 0. The van der Waals surface area contributed by atoms with Crippen LogP contribution in [0.15, 0.2) is 35.1 Å². The molecule has 0 atom stereocenters. The molecule has 1 aromatic carbocycles. The quantitative estimate of drug-likeness (QED) is 0.767. The molecule has 0 fully saturated rings. The summed E-state index contributed by atoms with van der Waals surface area (Å²) in [5, 5.41) is 0.961. The van der Waals surface area contributed by atoms with E-state index >= 15 is 0 Å². The largest absolute Gasteiger partial charge is 0.223 e. The predicted molar refractivity (Wildman–Crippen MR) is 53.0 cm³/mol. The van der Waals surface area contributed by atoms with Crippen molar-refractivity contribution in [2.75, 3.05) is 0 Å². The van der Waals surface area contributed by atoms with Crippen LogP contribution in [-0.4, -0.2) is 9.36 Å². The van der Waals surface area contributed by atoms with E-state index in [2.05, 4.69) is 25.3 Å². The summed E-state index contributed by atoms with van der Waals surface area (Å²) >= 11 is 4.78. The van der Waals surface area contributed by atoms with E-state index in [1.165, 1.54) is 11.5 Å². The van der Waals surface area contributed by atoms with Gasteiger partial charge in [-0.25, -0.2) is 4.98 Å². The van der Waals surface area contributed by atoms with E-state index in [1.54, 1.807) is 6.33 Å². The van der Waals surface area contributed by atoms with Crippen LogP contribution in [0.25, 0.3) is 10.6 Å². The molecule has 0 N–H and O–H groups in total. The number of hydrogen-bond donors (Lipinski definition) is 0. The molecule has 2 nitrogen and oxygen atoms in total. The van der Waals surface area contributed by atoms with Gasteiger partial charge in [0.2, 0.25) is 0 Å². The van der Waals surface area contributed by atoms with Crippen molar-refractivity contribution in [3.63, 3.8) is 0 Å². The molecule has 60 valence electrons. The van der Waals surface area contributed by atoms with Crippen LogP contribution in [0.2, 0.25) is 0 Å². The first-order valence-corrected chi connectivity index (χ1v) is 4.95. The molecule has 4 heteroatoms. The fourth-order valence-electron chi connectivity index (χ4n) is 0.893. The smallest absolute Gasteiger partial charge is 0.143 e. The second-order valence-electron chi connectivity index (χ2n) is 2.25. The van der Waals surface area contributed by atoms with Crippen LogP contribution in [0.4, 0.5) is 0 Å². The Bertz CT molecular complexity index is 355. The van der Waals surface area contributed by atoms with Gasteiger partial charge in [-0.05, 0) is 23.7 Å². The van der Waals surface area contributed by atoms with E-state index < -0.39 is 0 Å². The molecule has 0 amide bonds. The van der Waals surface area contributed by atoms with Gasteiger partial charge in [0.15, 0.2) is 0 Å². The molecule has 2 aromatic rings. The van der Waals surface area contributed by atoms with Crippen LogP contribution >= 0.6 is 27.5 Å². The second kappa shape index (κ2) is 3.33. The molecule has 0 spiro atoms. The molecule has 0 aliphatic carbocycles. The minimum atomic E-state index is 0.961. The van der Waals surface area contributed by atoms with Gasteiger partial charge >= 0.3 is 0 Å². The van der Waals surface area contributed by atoms with Crippen molar-refractivity contribution in [2.45, 2.75) is 0 Å². The summed E-state index contributed by atoms with van der Waals surface area (Å²) < 4.78 is 5.02. The molecule has 2 rings (SSSR count). The molecule has 1 heterocycles. The van der Waals surface area contributed by atoms with Crippen LogP contribution in [0.1, 0.15) is 0 Å². The number of benzene rings is 1. The van der Waals surface area contributed by atoms with Gasteiger partial charge in [-0.3, -0.25) is 0 Å². The molecular formula is C8H5BrN2S. The maximum Gasteiger partial charge on any atom is 0.143 e. The van der Waals surface area contributed by atoms with Gasteiger partial charge in [0, 0.05) is 10.0 Å². The summed E-state index contributed by atoms with van der Waals surface area (Å²) in [6.07, 6.45) is 1.57. The zero-order chi connectivity index (χ0) is 8.39. The fraction of sp³-hybridized carbons (Fsp3) is 0. The van der Waals surface area contributed by atoms with Crippen molar-refractivity contribution in [3.05, 3.63) is 35.1 Å². The lowest BCUT2D eigenvalue weighted by molar-refractivity contribution is 1.33. The van der Waals surface area contributed by atoms with Gasteiger partial charge in [0.05, 0.1) is 0 Å². The molecule has 0 aliphatic rings. The zero-order valence-corrected chi connectivity index (χ0v) is 8.47. The lowest BCUT2D eigenvalue weighted by Gasteiger charge is -1.93. The summed E-state index contributed by atoms with van der Waals surface area (Å²) in [4.78, 5) is 4.11. The minimum Gasteiger partial charge on any atom is -0.223 e. The van der Waals surface area contributed by atoms with Gasteiger partial charge in [-0.15, -0.1) is 0 Å². The van der Waals surface area contributed by atoms with Crippen molar-refractivity contribution in [1.29, 1.82) is 0 Å². The van der Waals surface area contributed by atoms with Crippen LogP contribution in [0.5, 0.6) is 0 Å². The highest BCUT2D eigenvalue weighted by atomic mass is 79.9. The minimum absolute atomic E-state index is 0.961. The number of aromatic nitrogens is 2. The van der Waals surface area contributed by atoms with Crippen molar-refractivity contribution in [3.8, 4) is 10.6 Å². The third-order valence-corrected chi connectivity index (χ3v) is 2.69. The first-order valence-electron chi connectivity index (χ1n) is 3.39. The van der Waals surface area contributed by atoms with Crippen LogP contribution < -0.4 is 0 Å². The number of hydrogen-bond acceptors (Lipinski definition) is 3. The Balaban J connectivity index is 2.43. The van der Waals surface area contributed by atoms with E-state index in [-0.39, 0.29) is 0 Å². The average molecular weight is 241 g/mol. The molecule has 0 bridgehead atoms. The molecule has 12 heavy (non-hydrogen) atoms. The van der Waals surface area contributed by atoms with Gasteiger partial charge in [0.1, 0.15) is 11.3 Å². The van der Waals surface area contributed by atoms with E-state index in [9.17, 15) is 0 Å². The highest BCUT2D eigenvalue weighted by Gasteiger charge is 1.99. The van der Waals surface area contributed by atoms with Gasteiger partial charge in [-0.1, -0.05) is 28.1 Å². The lowest BCUT2D eigenvalue weighted by atomic mass is 10.2. The van der Waals surface area contributed by atoms with E-state index in [0.717, 1.165) is 15.0 Å². The monoisotopic (exact) mass is 240 g/mol. The normalized spacial score (nSPS) is 10.1. The lowest BCUT2D eigenvalue weighted by Crippen LogP contribution is -1.73. The Morgan fingerprint density at radius 2 is 1.92 bits per heavy atom. The Labute approximate surface area is 82.6 Å². The molecule has 0 saturated heterocycles. The Hall–Kier alpha value is -0.740. The summed E-state index contributed by atoms with van der Waals surface area (Å²) in [6.45, 7) is 0. The first kappa shape index (κ1) is 7.89. The van der Waals surface area contributed by atoms with Gasteiger partial charge in [0.25, 0.3) is 0 Å². The summed E-state index contributed by atoms with van der Waals surface area (Å²) in [6, 6.07) is 8.03. The fourth-order valence-corrected chi connectivity index (χ4v) is 1.69. The molecule has 0 aliphatic heterocycles. The third kappa shape index (κ3) is 1.54. The highest BCUT2D eigenvalue weighted by molar-refractivity contribution is 9.10. The number of nitrogens with zero attached hydrogens (tertiary/aromatic N) is 2. The zero-order valence-electron chi connectivity index (χ0n) is 6.07. The Morgan fingerprint density at radius 1 is 1.17 bits per heavy atom. The SMILES string of the molecule is Brc1ccc(-c2ncns2)cc1. The van der Waals surface area contributed by atoms with Gasteiger partial charge in [-0.2, -0.15) is 4.37 Å². The predicted octanol–water partition coefficient (Wildman–Crippen LogP) is 2.97. The second-order valence-corrected chi connectivity index (χ2v) is 3.95. The van der Waals surface area contributed by atoms with Gasteiger partial charge < -0.3 is 0 Å². The third-order valence-electron chi connectivity index (χ3n) is 1.45. The van der Waals surface area contributed by atoms with Crippen LogP contribution in [-0.2, 0) is 0 Å². The van der Waals surface area contributed by atoms with Crippen LogP contribution in [0.3, 0.4) is 0 Å². The number of halogens is 1. The van der Waals surface area contributed by atoms with Crippen molar-refractivity contribution < 1.29 is 0 Å². The molecule has 0 unspecified atom stereocenters. The number of rotatable bonds is 1. The molecule has 1 aromatic heterocycles. The molecule has 0 saturated carbocycles. The summed E-state index contributed by atoms with van der Waals surface area (Å²) in [5.74, 6) is 0. The highest BCUT2D eigenvalue weighted by Crippen LogP contribution is 2.21. The Kier molecular flexibility index (Phi) is 2.19. The van der Waals surface area contributed by atoms with E-state index in [4.69, 9.17) is 0 Å². The van der Waals surface area contributed by atoms with Crippen LogP contribution in [0, 0.1) is 0 Å². The van der Waals surface area contributed by atoms with E-state index in [1.807, 2.05) is 24.3 Å². The Morgan fingerprint density at radius 3 is 2.50 bits per heavy atom. The van der Waals surface area contributed by atoms with E-state index in [0.29, 0.717) is 0 Å². The molecule has 0 radical (unpaired) electrons. The summed E-state index contributed by atoms with van der Waals surface area (Å²) in [5.41, 5.74) is 1.11. The standard InChI is InChI=1S/C8H5BrN2S/c9-7-3-1-6(2-4-7)8-10-5-11-12-8/h1-5H. The average Bonchev–Trinajstić information content (AvgIpc) is 2.58. The van der Waals surface area contributed by atoms with Crippen molar-refractivity contribution in [2.24, 2.45) is 0 Å². The maximum absolute atomic E-state index is 4.11. The van der Waals surface area contributed by atoms with Crippen molar-refractivity contribution in [1.82, 2.24) is 9.36 Å². The first-order chi connectivity index (χ1) is 5.86. The van der Waals surface area contributed by atoms with Crippen molar-refractivity contribution >= 4 is 27.5 Å². The maximum atomic E-state index is 4.11. The topological polar surface area (TPSA) is 25.8 Å².